The van der Waals surface area contributed by atoms with Crippen LogP contribution < -0.4 is 0 Å². The fourth-order valence-corrected chi connectivity index (χ4v) is 1.41. The summed E-state index contributed by atoms with van der Waals surface area (Å²) in [6.07, 6.45) is 6.22. The van der Waals surface area contributed by atoms with Crippen LogP contribution in [0.4, 0.5) is 0 Å². The van der Waals surface area contributed by atoms with Crippen LogP contribution in [-0.2, 0) is 0 Å². The fraction of sp³-hybridized carbons (Fsp3) is 0.750. The van der Waals surface area contributed by atoms with Gasteiger partial charge in [-0.15, -0.1) is 6.58 Å². The number of aliphatic hydroxyl groups is 1. The van der Waals surface area contributed by atoms with Gasteiger partial charge in [0.2, 0.25) is 0 Å². The zero-order valence-electron chi connectivity index (χ0n) is 5.71. The normalized spacial score (nSPS) is 36.1. The van der Waals surface area contributed by atoms with Crippen LogP contribution in [0.25, 0.3) is 0 Å². The highest BCUT2D eigenvalue weighted by Gasteiger charge is 2.16. The van der Waals surface area contributed by atoms with E-state index in [2.05, 4.69) is 6.58 Å². The molecular formula is C8H14O. The average Bonchev–Trinajstić information content (AvgIpc) is 1.88. The summed E-state index contributed by atoms with van der Waals surface area (Å²) in [6, 6.07) is 0. The summed E-state index contributed by atoms with van der Waals surface area (Å²) in [5.41, 5.74) is 0. The van der Waals surface area contributed by atoms with Crippen LogP contribution in [0.15, 0.2) is 12.7 Å². The molecule has 52 valence electrons. The maximum Gasteiger partial charge on any atom is 0.0545 e. The minimum Gasteiger partial charge on any atom is -0.393 e. The van der Waals surface area contributed by atoms with Crippen molar-refractivity contribution >= 4 is 0 Å². The third-order valence-corrected chi connectivity index (χ3v) is 2.02. The van der Waals surface area contributed by atoms with Gasteiger partial charge in [-0.05, 0) is 25.2 Å². The Hall–Kier alpha value is -0.300. The zero-order valence-corrected chi connectivity index (χ0v) is 5.71. The molecule has 0 saturated heterocycles. The Morgan fingerprint density at radius 2 is 2.22 bits per heavy atom. The van der Waals surface area contributed by atoms with E-state index in [0.29, 0.717) is 5.92 Å². The first-order valence-corrected chi connectivity index (χ1v) is 3.63. The summed E-state index contributed by atoms with van der Waals surface area (Å²) < 4.78 is 0. The molecule has 0 aliphatic heterocycles. The highest BCUT2D eigenvalue weighted by molar-refractivity contribution is 4.84. The molecule has 1 rings (SSSR count). The van der Waals surface area contributed by atoms with E-state index in [4.69, 9.17) is 5.11 Å². The minimum absolute atomic E-state index is 0.0539. The van der Waals surface area contributed by atoms with Gasteiger partial charge in [0.15, 0.2) is 0 Å². The molecular weight excluding hydrogens is 112 g/mol. The molecule has 0 radical (unpaired) electrons. The Bertz CT molecular complexity index is 98.7. The monoisotopic (exact) mass is 126 g/mol. The number of rotatable bonds is 1. The molecule has 1 aliphatic carbocycles. The summed E-state index contributed by atoms with van der Waals surface area (Å²) in [5, 5.41) is 9.16. The van der Waals surface area contributed by atoms with Crippen LogP contribution in [0.2, 0.25) is 0 Å². The number of hydrogen-bond donors (Lipinski definition) is 1. The third-order valence-electron chi connectivity index (χ3n) is 2.02. The Kier molecular flexibility index (Phi) is 2.29. The van der Waals surface area contributed by atoms with Gasteiger partial charge in [0.05, 0.1) is 6.10 Å². The van der Waals surface area contributed by atoms with Crippen molar-refractivity contribution in [3.8, 4) is 0 Å². The van der Waals surface area contributed by atoms with E-state index in [1.807, 2.05) is 6.08 Å². The first kappa shape index (κ1) is 6.81. The van der Waals surface area contributed by atoms with Gasteiger partial charge in [-0.3, -0.25) is 0 Å². The summed E-state index contributed by atoms with van der Waals surface area (Å²) >= 11 is 0. The highest BCUT2D eigenvalue weighted by atomic mass is 16.3. The molecule has 0 aromatic carbocycles. The smallest absolute Gasteiger partial charge is 0.0545 e. The largest absolute Gasteiger partial charge is 0.393 e. The molecule has 0 bridgehead atoms. The van der Waals surface area contributed by atoms with Crippen molar-refractivity contribution in [2.75, 3.05) is 0 Å². The molecule has 1 nitrogen and oxygen atoms in total. The van der Waals surface area contributed by atoms with Crippen molar-refractivity contribution in [1.82, 2.24) is 0 Å². The van der Waals surface area contributed by atoms with Crippen LogP contribution in [0.1, 0.15) is 25.7 Å². The van der Waals surface area contributed by atoms with E-state index in [-0.39, 0.29) is 6.10 Å². The lowest BCUT2D eigenvalue weighted by Gasteiger charge is -2.22. The van der Waals surface area contributed by atoms with Crippen molar-refractivity contribution in [1.29, 1.82) is 0 Å². The molecule has 0 unspecified atom stereocenters. The Morgan fingerprint density at radius 1 is 1.44 bits per heavy atom. The van der Waals surface area contributed by atoms with Crippen molar-refractivity contribution in [2.45, 2.75) is 31.8 Å². The quantitative estimate of drug-likeness (QED) is 0.530. The van der Waals surface area contributed by atoms with Crippen LogP contribution in [0.5, 0.6) is 0 Å². The minimum atomic E-state index is -0.0539. The molecule has 1 saturated carbocycles. The maximum atomic E-state index is 9.16. The fourth-order valence-electron chi connectivity index (χ4n) is 1.41. The molecule has 9 heavy (non-hydrogen) atoms. The molecule has 0 amide bonds. The Labute approximate surface area is 56.4 Å². The van der Waals surface area contributed by atoms with Crippen LogP contribution in [0, 0.1) is 5.92 Å². The SMILES string of the molecule is C=C[C@H]1CCC[C@H](O)C1. The second kappa shape index (κ2) is 3.02. The lowest BCUT2D eigenvalue weighted by molar-refractivity contribution is 0.113. The second-order valence-corrected chi connectivity index (χ2v) is 2.82. The lowest BCUT2D eigenvalue weighted by Crippen LogP contribution is -2.17. The summed E-state index contributed by atoms with van der Waals surface area (Å²) in [7, 11) is 0. The molecule has 0 aromatic heterocycles. The number of allylic oxidation sites excluding steroid dienone is 1. The van der Waals surface area contributed by atoms with E-state index in [1.165, 1.54) is 6.42 Å². The third kappa shape index (κ3) is 1.83. The Morgan fingerprint density at radius 3 is 2.67 bits per heavy atom. The molecule has 0 spiro atoms. The van der Waals surface area contributed by atoms with Crippen LogP contribution in [0.3, 0.4) is 0 Å². The van der Waals surface area contributed by atoms with Gasteiger partial charge >= 0.3 is 0 Å². The summed E-state index contributed by atoms with van der Waals surface area (Å²) in [6.45, 7) is 3.71. The zero-order chi connectivity index (χ0) is 6.69. The molecule has 1 fully saturated rings. The van der Waals surface area contributed by atoms with Crippen molar-refractivity contribution in [3.63, 3.8) is 0 Å². The first-order chi connectivity index (χ1) is 4.33. The van der Waals surface area contributed by atoms with Gasteiger partial charge in [-0.1, -0.05) is 12.5 Å². The lowest BCUT2D eigenvalue weighted by atomic mass is 9.87. The predicted octanol–water partition coefficient (Wildman–Crippen LogP) is 1.72. The maximum absolute atomic E-state index is 9.16. The van der Waals surface area contributed by atoms with E-state index in [0.717, 1.165) is 19.3 Å². The summed E-state index contributed by atoms with van der Waals surface area (Å²) in [4.78, 5) is 0. The van der Waals surface area contributed by atoms with Crippen molar-refractivity contribution in [3.05, 3.63) is 12.7 Å². The molecule has 0 heterocycles. The van der Waals surface area contributed by atoms with Gasteiger partial charge in [0, 0.05) is 0 Å². The molecule has 1 N–H and O–H groups in total. The van der Waals surface area contributed by atoms with E-state index in [9.17, 15) is 0 Å². The van der Waals surface area contributed by atoms with Gasteiger partial charge in [0.1, 0.15) is 0 Å². The average molecular weight is 126 g/mol. The molecule has 0 aromatic rings. The van der Waals surface area contributed by atoms with Crippen LogP contribution in [-0.4, -0.2) is 11.2 Å². The second-order valence-electron chi connectivity index (χ2n) is 2.82. The van der Waals surface area contributed by atoms with Gasteiger partial charge in [-0.25, -0.2) is 0 Å². The van der Waals surface area contributed by atoms with Crippen LogP contribution >= 0.6 is 0 Å². The van der Waals surface area contributed by atoms with E-state index < -0.39 is 0 Å². The van der Waals surface area contributed by atoms with Gasteiger partial charge < -0.3 is 5.11 Å². The molecule has 1 heteroatoms. The van der Waals surface area contributed by atoms with Gasteiger partial charge in [-0.2, -0.15) is 0 Å². The van der Waals surface area contributed by atoms with E-state index in [1.54, 1.807) is 0 Å². The highest BCUT2D eigenvalue weighted by Crippen LogP contribution is 2.24. The topological polar surface area (TPSA) is 20.2 Å². The standard InChI is InChI=1S/C8H14O/c1-2-7-4-3-5-8(9)6-7/h2,7-9H,1,3-6H2/t7-,8-/m0/s1. The Balaban J connectivity index is 2.31. The van der Waals surface area contributed by atoms with Gasteiger partial charge in [0.25, 0.3) is 0 Å². The van der Waals surface area contributed by atoms with Crippen molar-refractivity contribution in [2.24, 2.45) is 5.92 Å². The predicted molar refractivity (Wildman–Crippen MR) is 38.2 cm³/mol. The molecule has 2 atom stereocenters. The first-order valence-electron chi connectivity index (χ1n) is 3.63. The summed E-state index contributed by atoms with van der Waals surface area (Å²) in [5.74, 6) is 0.578. The number of aliphatic hydroxyl groups excluding tert-OH is 1. The number of hydrogen-bond acceptors (Lipinski definition) is 1. The van der Waals surface area contributed by atoms with Crippen molar-refractivity contribution < 1.29 is 5.11 Å². The molecule has 1 aliphatic rings. The van der Waals surface area contributed by atoms with E-state index >= 15 is 0 Å².